The van der Waals surface area contributed by atoms with Crippen LogP contribution in [0.4, 0.5) is 18.9 Å². The first-order valence-electron chi connectivity index (χ1n) is 8.07. The van der Waals surface area contributed by atoms with Crippen LogP contribution in [-0.2, 0) is 17.5 Å². The van der Waals surface area contributed by atoms with Gasteiger partial charge in [0.15, 0.2) is 6.61 Å². The van der Waals surface area contributed by atoms with Gasteiger partial charge in [-0.1, -0.05) is 24.3 Å². The SMILES string of the molecule is O=C(COc1ccccc1C(F)(F)F)Nc1cccc(Cn2cccn2)c1. The zero-order chi connectivity index (χ0) is 19.3. The summed E-state index contributed by atoms with van der Waals surface area (Å²) in [6, 6.07) is 13.7. The van der Waals surface area contributed by atoms with E-state index in [0.29, 0.717) is 12.2 Å². The molecular weight excluding hydrogens is 359 g/mol. The highest BCUT2D eigenvalue weighted by atomic mass is 19.4. The summed E-state index contributed by atoms with van der Waals surface area (Å²) in [4.78, 5) is 12.0. The van der Waals surface area contributed by atoms with Crippen molar-refractivity contribution in [1.82, 2.24) is 9.78 Å². The second-order valence-corrected chi connectivity index (χ2v) is 5.73. The van der Waals surface area contributed by atoms with Gasteiger partial charge in [0.2, 0.25) is 0 Å². The van der Waals surface area contributed by atoms with E-state index in [-0.39, 0.29) is 5.75 Å². The highest BCUT2D eigenvalue weighted by molar-refractivity contribution is 5.91. The quantitative estimate of drug-likeness (QED) is 0.709. The number of hydrogen-bond acceptors (Lipinski definition) is 3. The number of aromatic nitrogens is 2. The van der Waals surface area contributed by atoms with Crippen LogP contribution in [0.5, 0.6) is 5.75 Å². The van der Waals surface area contributed by atoms with Crippen LogP contribution < -0.4 is 10.1 Å². The molecular formula is C19H16F3N3O2. The molecule has 1 N–H and O–H groups in total. The monoisotopic (exact) mass is 375 g/mol. The fourth-order valence-electron chi connectivity index (χ4n) is 2.50. The maximum atomic E-state index is 12.9. The lowest BCUT2D eigenvalue weighted by Gasteiger charge is -2.13. The van der Waals surface area contributed by atoms with Crippen LogP contribution in [0.25, 0.3) is 0 Å². The molecule has 0 spiro atoms. The molecule has 0 saturated heterocycles. The molecule has 0 fully saturated rings. The molecule has 0 saturated carbocycles. The Morgan fingerprint density at radius 2 is 1.93 bits per heavy atom. The molecule has 8 heteroatoms. The van der Waals surface area contributed by atoms with E-state index in [1.165, 1.54) is 18.2 Å². The minimum atomic E-state index is -4.55. The van der Waals surface area contributed by atoms with E-state index < -0.39 is 24.3 Å². The molecule has 0 aliphatic heterocycles. The number of carbonyl (C=O) groups is 1. The molecule has 3 aromatic rings. The van der Waals surface area contributed by atoms with Crippen molar-refractivity contribution in [2.75, 3.05) is 11.9 Å². The lowest BCUT2D eigenvalue weighted by Crippen LogP contribution is -2.21. The molecule has 0 bridgehead atoms. The fraction of sp³-hybridized carbons (Fsp3) is 0.158. The number of hydrogen-bond donors (Lipinski definition) is 1. The minimum Gasteiger partial charge on any atom is -0.483 e. The van der Waals surface area contributed by atoms with Gasteiger partial charge in [-0.3, -0.25) is 9.48 Å². The van der Waals surface area contributed by atoms with Crippen molar-refractivity contribution in [3.63, 3.8) is 0 Å². The van der Waals surface area contributed by atoms with Crippen LogP contribution in [0.1, 0.15) is 11.1 Å². The van der Waals surface area contributed by atoms with Crippen molar-refractivity contribution >= 4 is 11.6 Å². The van der Waals surface area contributed by atoms with Crippen LogP contribution in [-0.4, -0.2) is 22.3 Å². The summed E-state index contributed by atoms with van der Waals surface area (Å²) < 4.78 is 45.6. The van der Waals surface area contributed by atoms with E-state index in [9.17, 15) is 18.0 Å². The third kappa shape index (κ3) is 5.10. The molecule has 3 rings (SSSR count). The van der Waals surface area contributed by atoms with E-state index in [1.807, 2.05) is 18.3 Å². The zero-order valence-electron chi connectivity index (χ0n) is 14.1. The third-order valence-corrected chi connectivity index (χ3v) is 3.67. The van der Waals surface area contributed by atoms with E-state index in [2.05, 4.69) is 10.4 Å². The first-order chi connectivity index (χ1) is 12.9. The lowest BCUT2D eigenvalue weighted by atomic mass is 10.2. The van der Waals surface area contributed by atoms with Gasteiger partial charge in [-0.25, -0.2) is 0 Å². The number of amides is 1. The summed E-state index contributed by atoms with van der Waals surface area (Å²) >= 11 is 0. The molecule has 1 amide bonds. The summed E-state index contributed by atoms with van der Waals surface area (Å²) in [6.07, 6.45) is -1.06. The molecule has 5 nitrogen and oxygen atoms in total. The molecule has 0 unspecified atom stereocenters. The number of halogens is 3. The molecule has 0 atom stereocenters. The Balaban J connectivity index is 1.60. The van der Waals surface area contributed by atoms with Gasteiger partial charge in [0, 0.05) is 18.1 Å². The molecule has 0 aliphatic rings. The van der Waals surface area contributed by atoms with Gasteiger partial charge < -0.3 is 10.1 Å². The highest BCUT2D eigenvalue weighted by Gasteiger charge is 2.34. The minimum absolute atomic E-state index is 0.382. The largest absolute Gasteiger partial charge is 0.483 e. The average Bonchev–Trinajstić information content (AvgIpc) is 3.13. The smallest absolute Gasteiger partial charge is 0.419 e. The van der Waals surface area contributed by atoms with Gasteiger partial charge in [0.05, 0.1) is 12.1 Å². The Hall–Kier alpha value is -3.29. The summed E-state index contributed by atoms with van der Waals surface area (Å²) in [5.41, 5.74) is 0.524. The number of para-hydroxylation sites is 1. The first kappa shape index (κ1) is 18.5. The number of rotatable bonds is 6. The Bertz CT molecular complexity index is 909. The van der Waals surface area contributed by atoms with Crippen molar-refractivity contribution in [3.8, 4) is 5.75 Å². The zero-order valence-corrected chi connectivity index (χ0v) is 14.1. The van der Waals surface area contributed by atoms with Crippen LogP contribution in [0.2, 0.25) is 0 Å². The number of alkyl halides is 3. The maximum Gasteiger partial charge on any atom is 0.419 e. The van der Waals surface area contributed by atoms with E-state index in [0.717, 1.165) is 11.6 Å². The predicted octanol–water partition coefficient (Wildman–Crippen LogP) is 3.97. The molecule has 2 aromatic carbocycles. The van der Waals surface area contributed by atoms with Gasteiger partial charge in [0.25, 0.3) is 5.91 Å². The number of anilines is 1. The molecule has 0 aliphatic carbocycles. The van der Waals surface area contributed by atoms with Gasteiger partial charge in [-0.2, -0.15) is 18.3 Å². The van der Waals surface area contributed by atoms with Crippen molar-refractivity contribution < 1.29 is 22.7 Å². The normalized spacial score (nSPS) is 11.2. The van der Waals surface area contributed by atoms with Crippen molar-refractivity contribution in [2.45, 2.75) is 12.7 Å². The Kier molecular flexibility index (Phi) is 5.44. The van der Waals surface area contributed by atoms with Gasteiger partial charge >= 0.3 is 6.18 Å². The van der Waals surface area contributed by atoms with E-state index >= 15 is 0 Å². The fourth-order valence-corrected chi connectivity index (χ4v) is 2.50. The number of benzene rings is 2. The number of nitrogens with zero attached hydrogens (tertiary/aromatic N) is 2. The summed E-state index contributed by atoms with van der Waals surface area (Å²) in [7, 11) is 0. The van der Waals surface area contributed by atoms with Crippen LogP contribution in [0, 0.1) is 0 Å². The van der Waals surface area contributed by atoms with E-state index in [1.54, 1.807) is 29.1 Å². The van der Waals surface area contributed by atoms with Gasteiger partial charge in [0.1, 0.15) is 5.75 Å². The molecule has 1 aromatic heterocycles. The molecule has 140 valence electrons. The maximum absolute atomic E-state index is 12.9. The Labute approximate surface area is 153 Å². The molecule has 27 heavy (non-hydrogen) atoms. The summed E-state index contributed by atoms with van der Waals surface area (Å²) in [6.45, 7) is 0.00262. The number of ether oxygens (including phenoxy) is 1. The van der Waals surface area contributed by atoms with Crippen LogP contribution in [0.15, 0.2) is 67.0 Å². The standard InChI is InChI=1S/C19H16F3N3O2/c20-19(21,22)16-7-1-2-8-17(16)27-13-18(26)24-15-6-3-5-14(11-15)12-25-10-4-9-23-25/h1-11H,12-13H2,(H,24,26). The Morgan fingerprint density at radius 1 is 1.11 bits per heavy atom. The first-order valence-corrected chi connectivity index (χ1v) is 8.07. The van der Waals surface area contributed by atoms with Crippen LogP contribution >= 0.6 is 0 Å². The summed E-state index contributed by atoms with van der Waals surface area (Å²) in [5, 5.41) is 6.73. The van der Waals surface area contributed by atoms with E-state index in [4.69, 9.17) is 4.74 Å². The molecule has 0 radical (unpaired) electrons. The second-order valence-electron chi connectivity index (χ2n) is 5.73. The Morgan fingerprint density at radius 3 is 2.67 bits per heavy atom. The highest BCUT2D eigenvalue weighted by Crippen LogP contribution is 2.35. The predicted molar refractivity (Wildman–Crippen MR) is 93.3 cm³/mol. The van der Waals surface area contributed by atoms with Crippen LogP contribution in [0.3, 0.4) is 0 Å². The van der Waals surface area contributed by atoms with Crippen molar-refractivity contribution in [1.29, 1.82) is 0 Å². The number of nitrogens with one attached hydrogen (secondary N) is 1. The summed E-state index contributed by atoms with van der Waals surface area (Å²) in [5.74, 6) is -0.934. The lowest BCUT2D eigenvalue weighted by molar-refractivity contribution is -0.139. The van der Waals surface area contributed by atoms with Crippen molar-refractivity contribution in [2.24, 2.45) is 0 Å². The molecule has 1 heterocycles. The van der Waals surface area contributed by atoms with Gasteiger partial charge in [-0.15, -0.1) is 0 Å². The second kappa shape index (κ2) is 7.94. The third-order valence-electron chi connectivity index (χ3n) is 3.67. The topological polar surface area (TPSA) is 56.1 Å². The van der Waals surface area contributed by atoms with Gasteiger partial charge in [-0.05, 0) is 35.9 Å². The average molecular weight is 375 g/mol. The van der Waals surface area contributed by atoms with Crippen molar-refractivity contribution in [3.05, 3.63) is 78.1 Å². The number of carbonyl (C=O) groups excluding carboxylic acids is 1.